The number of H-pyrrole nitrogens is 1. The highest BCUT2D eigenvalue weighted by Gasteiger charge is 2.29. The summed E-state index contributed by atoms with van der Waals surface area (Å²) >= 11 is 1.50. The third kappa shape index (κ3) is 2.99. The number of rotatable bonds is 3. The Bertz CT molecular complexity index is 965. The van der Waals surface area contributed by atoms with Crippen molar-refractivity contribution in [1.29, 1.82) is 0 Å². The number of aromatic amines is 1. The molecule has 1 aliphatic rings. The zero-order valence-electron chi connectivity index (χ0n) is 14.5. The molecule has 0 saturated carbocycles. The van der Waals surface area contributed by atoms with Gasteiger partial charge in [-0.1, -0.05) is 18.2 Å². The summed E-state index contributed by atoms with van der Waals surface area (Å²) in [5, 5.41) is 8.81. The van der Waals surface area contributed by atoms with Gasteiger partial charge in [0, 0.05) is 19.0 Å². The molecule has 1 aliphatic heterocycles. The van der Waals surface area contributed by atoms with Gasteiger partial charge in [-0.15, -0.1) is 11.3 Å². The average molecular weight is 368 g/mol. The molecule has 0 unspecified atom stereocenters. The van der Waals surface area contributed by atoms with Gasteiger partial charge < -0.3 is 4.90 Å². The van der Waals surface area contributed by atoms with Gasteiger partial charge in [-0.25, -0.2) is 14.5 Å². The van der Waals surface area contributed by atoms with Crippen LogP contribution in [-0.2, 0) is 0 Å². The normalized spacial score (nSPS) is 15.3. The number of hydrogen-bond acceptors (Lipinski definition) is 4. The lowest BCUT2D eigenvalue weighted by Gasteiger charge is -2.31. The van der Waals surface area contributed by atoms with Gasteiger partial charge in [-0.3, -0.25) is 4.79 Å². The summed E-state index contributed by atoms with van der Waals surface area (Å²) in [5.74, 6) is 1.02. The van der Waals surface area contributed by atoms with E-state index in [1.807, 2.05) is 53.6 Å². The van der Waals surface area contributed by atoms with Crippen molar-refractivity contribution in [3.05, 3.63) is 68.5 Å². The van der Waals surface area contributed by atoms with Crippen LogP contribution < -0.4 is 5.69 Å². The average Bonchev–Trinajstić information content (AvgIpc) is 3.27. The van der Waals surface area contributed by atoms with Crippen LogP contribution in [0.25, 0.3) is 5.69 Å². The van der Waals surface area contributed by atoms with Crippen LogP contribution in [0.2, 0.25) is 0 Å². The molecule has 3 heterocycles. The minimum Gasteiger partial charge on any atom is -0.338 e. The third-order valence-corrected chi connectivity index (χ3v) is 5.92. The lowest BCUT2D eigenvalue weighted by atomic mass is 9.95. The van der Waals surface area contributed by atoms with Crippen molar-refractivity contribution < 1.29 is 4.79 Å². The Morgan fingerprint density at radius 1 is 1.19 bits per heavy atom. The van der Waals surface area contributed by atoms with E-state index in [-0.39, 0.29) is 17.5 Å². The number of likely N-dealkylation sites (tertiary alicyclic amines) is 1. The van der Waals surface area contributed by atoms with Crippen LogP contribution in [0.4, 0.5) is 0 Å². The molecule has 0 atom stereocenters. The highest BCUT2D eigenvalue weighted by Crippen LogP contribution is 2.29. The molecule has 1 amide bonds. The zero-order chi connectivity index (χ0) is 18.1. The number of carbonyl (C=O) groups excluding carboxylic acids is 1. The lowest BCUT2D eigenvalue weighted by molar-refractivity contribution is 0.0715. The predicted molar refractivity (Wildman–Crippen MR) is 101 cm³/mol. The fourth-order valence-electron chi connectivity index (χ4n) is 3.49. The maximum atomic E-state index is 12.7. The molecule has 1 aromatic carbocycles. The van der Waals surface area contributed by atoms with E-state index in [0.717, 1.165) is 34.8 Å². The van der Waals surface area contributed by atoms with Gasteiger partial charge in [0.1, 0.15) is 5.82 Å². The fraction of sp³-hybridized carbons (Fsp3) is 0.316. The number of hydrogen-bond donors (Lipinski definition) is 1. The number of piperidine rings is 1. The molecule has 0 radical (unpaired) electrons. The Kier molecular flexibility index (Phi) is 4.46. The van der Waals surface area contributed by atoms with E-state index >= 15 is 0 Å². The van der Waals surface area contributed by atoms with Crippen molar-refractivity contribution in [2.75, 3.05) is 13.1 Å². The van der Waals surface area contributed by atoms with Crippen molar-refractivity contribution in [3.8, 4) is 5.69 Å². The second-order valence-corrected chi connectivity index (χ2v) is 7.47. The molecular weight excluding hydrogens is 348 g/mol. The fourth-order valence-corrected chi connectivity index (χ4v) is 4.38. The van der Waals surface area contributed by atoms with Gasteiger partial charge in [0.2, 0.25) is 0 Å². The molecule has 1 saturated heterocycles. The summed E-state index contributed by atoms with van der Waals surface area (Å²) < 4.78 is 1.64. The molecule has 0 aliphatic carbocycles. The third-order valence-electron chi connectivity index (χ3n) is 4.92. The molecule has 1 fully saturated rings. The van der Waals surface area contributed by atoms with Gasteiger partial charge in [-0.05, 0) is 48.9 Å². The molecule has 1 N–H and O–H groups in total. The highest BCUT2D eigenvalue weighted by atomic mass is 32.1. The lowest BCUT2D eigenvalue weighted by Crippen LogP contribution is -2.38. The molecule has 0 bridgehead atoms. The van der Waals surface area contributed by atoms with E-state index in [2.05, 4.69) is 10.2 Å². The van der Waals surface area contributed by atoms with E-state index < -0.39 is 0 Å². The molecular formula is C19H20N4O2S. The number of nitrogens with zero attached hydrogens (tertiary/aromatic N) is 3. The van der Waals surface area contributed by atoms with Crippen LogP contribution in [0.5, 0.6) is 0 Å². The number of aromatic nitrogens is 3. The number of amides is 1. The zero-order valence-corrected chi connectivity index (χ0v) is 15.3. The van der Waals surface area contributed by atoms with E-state index in [1.54, 1.807) is 4.57 Å². The molecule has 134 valence electrons. The van der Waals surface area contributed by atoms with Crippen LogP contribution in [0.1, 0.15) is 39.8 Å². The maximum absolute atomic E-state index is 12.7. The minimum absolute atomic E-state index is 0.110. The molecule has 4 rings (SSSR count). The van der Waals surface area contributed by atoms with Crippen molar-refractivity contribution in [2.24, 2.45) is 0 Å². The molecule has 7 heteroatoms. The number of para-hydroxylation sites is 1. The number of benzene rings is 1. The summed E-state index contributed by atoms with van der Waals surface area (Å²) in [6.07, 6.45) is 1.60. The molecule has 0 spiro atoms. The number of thiophene rings is 1. The van der Waals surface area contributed by atoms with Gasteiger partial charge >= 0.3 is 5.69 Å². The van der Waals surface area contributed by atoms with Crippen molar-refractivity contribution in [1.82, 2.24) is 19.7 Å². The van der Waals surface area contributed by atoms with Gasteiger partial charge in [-0.2, -0.15) is 5.10 Å². The Morgan fingerprint density at radius 3 is 2.58 bits per heavy atom. The summed E-state index contributed by atoms with van der Waals surface area (Å²) in [5.41, 5.74) is 1.63. The first-order valence-corrected chi connectivity index (χ1v) is 9.59. The van der Waals surface area contributed by atoms with Crippen LogP contribution in [0, 0.1) is 6.92 Å². The quantitative estimate of drug-likeness (QED) is 0.773. The topological polar surface area (TPSA) is 71.0 Å². The first kappa shape index (κ1) is 16.8. The monoisotopic (exact) mass is 368 g/mol. The summed E-state index contributed by atoms with van der Waals surface area (Å²) in [7, 11) is 0. The van der Waals surface area contributed by atoms with Crippen LogP contribution in [0.3, 0.4) is 0 Å². The molecule has 2 aromatic heterocycles. The van der Waals surface area contributed by atoms with E-state index in [0.29, 0.717) is 13.1 Å². The Morgan fingerprint density at radius 2 is 1.92 bits per heavy atom. The summed E-state index contributed by atoms with van der Waals surface area (Å²) in [4.78, 5) is 27.6. The van der Waals surface area contributed by atoms with Crippen molar-refractivity contribution in [3.63, 3.8) is 0 Å². The van der Waals surface area contributed by atoms with Gasteiger partial charge in [0.25, 0.3) is 5.91 Å². The smallest absolute Gasteiger partial charge is 0.338 e. The Hall–Kier alpha value is -2.67. The standard InChI is InChI=1S/C19H20N4O2S/c1-13-9-12-26-16(13)18(24)22-10-7-14(8-11-22)17-20-21-19(25)23(17)15-5-3-2-4-6-15/h2-6,9,12,14H,7-8,10-11H2,1H3,(H,21,25). The predicted octanol–water partition coefficient (Wildman–Crippen LogP) is 2.95. The second kappa shape index (κ2) is 6.92. The Balaban J connectivity index is 1.52. The molecule has 26 heavy (non-hydrogen) atoms. The molecule has 6 nitrogen and oxygen atoms in total. The van der Waals surface area contributed by atoms with E-state index in [9.17, 15) is 9.59 Å². The SMILES string of the molecule is Cc1ccsc1C(=O)N1CCC(c2n[nH]c(=O)n2-c2ccccc2)CC1. The first-order valence-electron chi connectivity index (χ1n) is 8.71. The molecule has 3 aromatic rings. The van der Waals surface area contributed by atoms with Crippen LogP contribution >= 0.6 is 11.3 Å². The van der Waals surface area contributed by atoms with Crippen LogP contribution in [-0.4, -0.2) is 38.7 Å². The number of nitrogens with one attached hydrogen (secondary N) is 1. The first-order chi connectivity index (χ1) is 12.6. The minimum atomic E-state index is -0.223. The summed E-state index contributed by atoms with van der Waals surface area (Å²) in [6, 6.07) is 11.5. The largest absolute Gasteiger partial charge is 0.347 e. The van der Waals surface area contributed by atoms with Crippen molar-refractivity contribution >= 4 is 17.2 Å². The highest BCUT2D eigenvalue weighted by molar-refractivity contribution is 7.12. The van der Waals surface area contributed by atoms with E-state index in [4.69, 9.17) is 0 Å². The maximum Gasteiger partial charge on any atom is 0.347 e. The van der Waals surface area contributed by atoms with E-state index in [1.165, 1.54) is 11.3 Å². The Labute approximate surface area is 155 Å². The van der Waals surface area contributed by atoms with Gasteiger partial charge in [0.05, 0.1) is 10.6 Å². The summed E-state index contributed by atoms with van der Waals surface area (Å²) in [6.45, 7) is 3.33. The van der Waals surface area contributed by atoms with Crippen LogP contribution in [0.15, 0.2) is 46.6 Å². The number of aryl methyl sites for hydroxylation is 1. The van der Waals surface area contributed by atoms with Crippen molar-refractivity contribution in [2.45, 2.75) is 25.7 Å². The number of carbonyl (C=O) groups is 1. The van der Waals surface area contributed by atoms with Gasteiger partial charge in [0.15, 0.2) is 0 Å². The second-order valence-electron chi connectivity index (χ2n) is 6.56.